The normalized spacial score (nSPS) is 12.9. The fraction of sp³-hybridized carbons (Fsp3) is 0.692. The summed E-state index contributed by atoms with van der Waals surface area (Å²) in [6.45, 7) is 8.51. The fourth-order valence-electron chi connectivity index (χ4n) is 1.49. The van der Waals surface area contributed by atoms with Crippen molar-refractivity contribution in [2.45, 2.75) is 51.5 Å². The number of carboxylic acids is 1. The molecular weight excluding hydrogens is 266 g/mol. The fourth-order valence-corrected chi connectivity index (χ4v) is 3.38. The summed E-state index contributed by atoms with van der Waals surface area (Å²) in [5, 5.41) is 10.7. The Kier molecular flexibility index (Phi) is 6.15. The molecule has 0 aliphatic rings. The van der Waals surface area contributed by atoms with Crippen LogP contribution in [0.2, 0.25) is 0 Å². The molecule has 0 bridgehead atoms. The first kappa shape index (κ1) is 15.5. The molecule has 0 spiro atoms. The Balaban J connectivity index is 2.78. The predicted octanol–water partition coefficient (Wildman–Crippen LogP) is 4.07. The summed E-state index contributed by atoms with van der Waals surface area (Å²) < 4.78 is 0. The molecule has 0 fully saturated rings. The highest BCUT2D eigenvalue weighted by Gasteiger charge is 2.18. The number of hydrogen-bond donors (Lipinski definition) is 1. The molecule has 102 valence electrons. The smallest absolute Gasteiger partial charge is 0.347 e. The molecule has 0 aliphatic heterocycles. The molecule has 0 saturated carbocycles. The largest absolute Gasteiger partial charge is 0.477 e. The minimum absolute atomic E-state index is 0.420. The number of aromatic nitrogens is 1. The molecule has 1 unspecified atom stereocenters. The zero-order valence-corrected chi connectivity index (χ0v) is 13.0. The van der Waals surface area contributed by atoms with Crippen LogP contribution in [0.25, 0.3) is 0 Å². The van der Waals surface area contributed by atoms with Gasteiger partial charge in [-0.2, -0.15) is 11.8 Å². The lowest BCUT2D eigenvalue weighted by Crippen LogP contribution is -2.02. The molecule has 1 rings (SSSR count). The quantitative estimate of drug-likeness (QED) is 0.821. The Morgan fingerprint density at radius 3 is 2.61 bits per heavy atom. The van der Waals surface area contributed by atoms with Crippen molar-refractivity contribution in [3.63, 3.8) is 0 Å². The number of thiazole rings is 1. The summed E-state index contributed by atoms with van der Waals surface area (Å²) in [7, 11) is 0. The molecule has 0 amide bonds. The maximum absolute atomic E-state index is 11.2. The highest BCUT2D eigenvalue weighted by molar-refractivity contribution is 7.99. The number of carboxylic acid groups (broad SMARTS) is 1. The Morgan fingerprint density at radius 2 is 2.11 bits per heavy atom. The van der Waals surface area contributed by atoms with Crippen molar-refractivity contribution in [2.75, 3.05) is 0 Å². The molecule has 1 heterocycles. The molecule has 0 radical (unpaired) electrons. The number of rotatable bonds is 7. The summed E-state index contributed by atoms with van der Waals surface area (Å²) >= 11 is 3.17. The van der Waals surface area contributed by atoms with Gasteiger partial charge in [-0.05, 0) is 18.8 Å². The first-order valence-corrected chi connectivity index (χ1v) is 8.14. The van der Waals surface area contributed by atoms with E-state index >= 15 is 0 Å². The van der Waals surface area contributed by atoms with E-state index < -0.39 is 5.97 Å². The number of carbonyl (C=O) groups is 1. The third-order valence-corrected chi connectivity index (χ3v) is 5.21. The van der Waals surface area contributed by atoms with Gasteiger partial charge >= 0.3 is 5.97 Å². The second-order valence-electron chi connectivity index (χ2n) is 4.82. The van der Waals surface area contributed by atoms with Crippen LogP contribution in [0.4, 0.5) is 0 Å². The van der Waals surface area contributed by atoms with Crippen molar-refractivity contribution in [3.05, 3.63) is 15.6 Å². The van der Waals surface area contributed by atoms with Crippen LogP contribution >= 0.6 is 23.1 Å². The zero-order chi connectivity index (χ0) is 13.7. The van der Waals surface area contributed by atoms with Crippen LogP contribution in [-0.4, -0.2) is 21.3 Å². The van der Waals surface area contributed by atoms with E-state index in [9.17, 15) is 9.90 Å². The molecule has 5 heteroatoms. The van der Waals surface area contributed by atoms with Crippen LogP contribution in [-0.2, 0) is 12.2 Å². The highest BCUT2D eigenvalue weighted by atomic mass is 32.2. The Bertz CT molecular complexity index is 402. The molecule has 1 atom stereocenters. The summed E-state index contributed by atoms with van der Waals surface area (Å²) in [5.41, 5.74) is 0.752. The van der Waals surface area contributed by atoms with Crippen molar-refractivity contribution in [1.29, 1.82) is 0 Å². The molecule has 0 aromatic carbocycles. The van der Waals surface area contributed by atoms with Crippen molar-refractivity contribution in [3.8, 4) is 0 Å². The SMILES string of the molecule is CCC(C)SCc1nc(CC(C)C)c(C(=O)O)s1. The lowest BCUT2D eigenvalue weighted by Gasteiger charge is -2.05. The number of thioether (sulfide) groups is 1. The second kappa shape index (κ2) is 7.14. The molecule has 0 aliphatic carbocycles. The Labute approximate surface area is 117 Å². The van der Waals surface area contributed by atoms with E-state index in [1.807, 2.05) is 11.8 Å². The maximum Gasteiger partial charge on any atom is 0.347 e. The highest BCUT2D eigenvalue weighted by Crippen LogP contribution is 2.26. The number of nitrogens with zero attached hydrogens (tertiary/aromatic N) is 1. The van der Waals surface area contributed by atoms with Gasteiger partial charge in [0.05, 0.1) is 5.69 Å². The monoisotopic (exact) mass is 287 g/mol. The average Bonchev–Trinajstić information content (AvgIpc) is 2.68. The summed E-state index contributed by atoms with van der Waals surface area (Å²) in [4.78, 5) is 16.1. The van der Waals surface area contributed by atoms with Crippen LogP contribution in [0.15, 0.2) is 0 Å². The zero-order valence-electron chi connectivity index (χ0n) is 11.4. The van der Waals surface area contributed by atoms with Crippen molar-refractivity contribution in [2.24, 2.45) is 5.92 Å². The van der Waals surface area contributed by atoms with Crippen molar-refractivity contribution < 1.29 is 9.90 Å². The van der Waals surface area contributed by atoms with Gasteiger partial charge in [-0.3, -0.25) is 0 Å². The van der Waals surface area contributed by atoms with Crippen LogP contribution in [0.1, 0.15) is 54.5 Å². The van der Waals surface area contributed by atoms with Gasteiger partial charge in [0, 0.05) is 11.0 Å². The minimum atomic E-state index is -0.845. The topological polar surface area (TPSA) is 50.2 Å². The van der Waals surface area contributed by atoms with Gasteiger partial charge in [-0.25, -0.2) is 9.78 Å². The van der Waals surface area contributed by atoms with Crippen molar-refractivity contribution in [1.82, 2.24) is 4.98 Å². The Hall–Kier alpha value is -0.550. The van der Waals surface area contributed by atoms with E-state index in [2.05, 4.69) is 32.7 Å². The second-order valence-corrected chi connectivity index (χ2v) is 7.33. The standard InChI is InChI=1S/C13H21NO2S2/c1-5-9(4)17-7-11-14-10(6-8(2)3)12(18-11)13(15)16/h8-9H,5-7H2,1-4H3,(H,15,16). The first-order valence-electron chi connectivity index (χ1n) is 6.27. The summed E-state index contributed by atoms with van der Waals surface area (Å²) in [6.07, 6.45) is 1.87. The first-order chi connectivity index (χ1) is 8.43. The molecule has 1 aromatic heterocycles. The molecule has 18 heavy (non-hydrogen) atoms. The lowest BCUT2D eigenvalue weighted by molar-refractivity contribution is 0.0700. The van der Waals surface area contributed by atoms with Gasteiger partial charge in [0.1, 0.15) is 9.88 Å². The van der Waals surface area contributed by atoms with Gasteiger partial charge in [0.15, 0.2) is 0 Å². The molecule has 0 saturated heterocycles. The molecule has 3 nitrogen and oxygen atoms in total. The van der Waals surface area contributed by atoms with E-state index in [4.69, 9.17) is 0 Å². The van der Waals surface area contributed by atoms with Gasteiger partial charge in [-0.15, -0.1) is 11.3 Å². The average molecular weight is 287 g/mol. The minimum Gasteiger partial charge on any atom is -0.477 e. The van der Waals surface area contributed by atoms with Crippen LogP contribution in [0, 0.1) is 5.92 Å². The van der Waals surface area contributed by atoms with Crippen LogP contribution in [0.5, 0.6) is 0 Å². The molecule has 1 aromatic rings. The van der Waals surface area contributed by atoms with E-state index in [1.165, 1.54) is 11.3 Å². The van der Waals surface area contributed by atoms with Gasteiger partial charge < -0.3 is 5.11 Å². The van der Waals surface area contributed by atoms with Crippen LogP contribution < -0.4 is 0 Å². The van der Waals surface area contributed by atoms with Gasteiger partial charge in [0.25, 0.3) is 0 Å². The van der Waals surface area contributed by atoms with E-state index in [-0.39, 0.29) is 0 Å². The Morgan fingerprint density at radius 1 is 1.44 bits per heavy atom. The summed E-state index contributed by atoms with van der Waals surface area (Å²) in [5.74, 6) is 0.404. The van der Waals surface area contributed by atoms with Crippen molar-refractivity contribution >= 4 is 29.1 Å². The van der Waals surface area contributed by atoms with Gasteiger partial charge in [-0.1, -0.05) is 27.7 Å². The third kappa shape index (κ3) is 4.61. The third-order valence-electron chi connectivity index (χ3n) is 2.60. The van der Waals surface area contributed by atoms with E-state index in [1.54, 1.807) is 0 Å². The predicted molar refractivity (Wildman–Crippen MR) is 78.7 cm³/mol. The lowest BCUT2D eigenvalue weighted by atomic mass is 10.1. The molecule has 1 N–H and O–H groups in total. The molecular formula is C13H21NO2S2. The number of hydrogen-bond acceptors (Lipinski definition) is 4. The van der Waals surface area contributed by atoms with E-state index in [0.29, 0.717) is 16.0 Å². The summed E-state index contributed by atoms with van der Waals surface area (Å²) in [6, 6.07) is 0. The van der Waals surface area contributed by atoms with E-state index in [0.717, 1.165) is 29.3 Å². The number of aromatic carboxylic acids is 1. The maximum atomic E-state index is 11.2. The van der Waals surface area contributed by atoms with Gasteiger partial charge in [0.2, 0.25) is 0 Å². The van der Waals surface area contributed by atoms with Crippen LogP contribution in [0.3, 0.4) is 0 Å².